The van der Waals surface area contributed by atoms with Crippen molar-refractivity contribution in [3.05, 3.63) is 28.2 Å². The van der Waals surface area contributed by atoms with Gasteiger partial charge in [-0.2, -0.15) is 0 Å². The molecule has 1 aromatic carbocycles. The van der Waals surface area contributed by atoms with Crippen LogP contribution in [0.25, 0.3) is 0 Å². The van der Waals surface area contributed by atoms with Gasteiger partial charge in [0, 0.05) is 10.5 Å². The summed E-state index contributed by atoms with van der Waals surface area (Å²) in [6.07, 6.45) is 3.46. The van der Waals surface area contributed by atoms with Gasteiger partial charge >= 0.3 is 0 Å². The van der Waals surface area contributed by atoms with Crippen LogP contribution in [0.4, 0.5) is 0 Å². The fourth-order valence-electron chi connectivity index (χ4n) is 2.10. The van der Waals surface area contributed by atoms with Crippen LogP contribution in [-0.4, -0.2) is 7.11 Å². The summed E-state index contributed by atoms with van der Waals surface area (Å²) >= 11 is 3.55. The largest absolute Gasteiger partial charge is 0.497 e. The van der Waals surface area contributed by atoms with E-state index in [0.29, 0.717) is 5.92 Å². The van der Waals surface area contributed by atoms with Crippen LogP contribution in [0.5, 0.6) is 5.75 Å². The molecule has 0 fully saturated rings. The van der Waals surface area contributed by atoms with Gasteiger partial charge in [0.25, 0.3) is 0 Å². The number of methoxy groups -OCH3 is 1. The van der Waals surface area contributed by atoms with E-state index in [0.717, 1.165) is 22.2 Å². The predicted molar refractivity (Wildman–Crippen MR) is 76.3 cm³/mol. The smallest absolute Gasteiger partial charge is 0.119 e. The number of benzene rings is 1. The Morgan fingerprint density at radius 1 is 1.41 bits per heavy atom. The van der Waals surface area contributed by atoms with Gasteiger partial charge in [-0.05, 0) is 36.1 Å². The number of hydrogen-bond donors (Lipinski definition) is 1. The SMILES string of the molecule is CCCC(C)CC(N)c1cc(OC)ccc1Br. The quantitative estimate of drug-likeness (QED) is 0.851. The Morgan fingerprint density at radius 3 is 2.71 bits per heavy atom. The Kier molecular flexibility index (Phi) is 6.00. The van der Waals surface area contributed by atoms with E-state index in [4.69, 9.17) is 10.5 Å². The molecule has 2 atom stereocenters. The highest BCUT2D eigenvalue weighted by atomic mass is 79.9. The van der Waals surface area contributed by atoms with Crippen LogP contribution in [0.2, 0.25) is 0 Å². The maximum Gasteiger partial charge on any atom is 0.119 e. The molecule has 2 unspecified atom stereocenters. The molecule has 96 valence electrons. The molecule has 0 bridgehead atoms. The van der Waals surface area contributed by atoms with Crippen LogP contribution in [0.15, 0.2) is 22.7 Å². The Hall–Kier alpha value is -0.540. The van der Waals surface area contributed by atoms with Crippen molar-refractivity contribution >= 4 is 15.9 Å². The van der Waals surface area contributed by atoms with E-state index >= 15 is 0 Å². The lowest BCUT2D eigenvalue weighted by molar-refractivity contribution is 0.410. The van der Waals surface area contributed by atoms with E-state index in [2.05, 4.69) is 29.8 Å². The van der Waals surface area contributed by atoms with Crippen molar-refractivity contribution in [3.8, 4) is 5.75 Å². The molecule has 17 heavy (non-hydrogen) atoms. The summed E-state index contributed by atoms with van der Waals surface area (Å²) in [6.45, 7) is 4.47. The van der Waals surface area contributed by atoms with E-state index in [9.17, 15) is 0 Å². The minimum atomic E-state index is 0.0704. The molecule has 0 aromatic heterocycles. The van der Waals surface area contributed by atoms with Gasteiger partial charge < -0.3 is 10.5 Å². The van der Waals surface area contributed by atoms with Gasteiger partial charge in [-0.15, -0.1) is 0 Å². The van der Waals surface area contributed by atoms with Crippen LogP contribution >= 0.6 is 15.9 Å². The van der Waals surface area contributed by atoms with E-state index in [-0.39, 0.29) is 6.04 Å². The van der Waals surface area contributed by atoms with Crippen molar-refractivity contribution in [1.82, 2.24) is 0 Å². The Balaban J connectivity index is 2.76. The van der Waals surface area contributed by atoms with Crippen molar-refractivity contribution in [1.29, 1.82) is 0 Å². The lowest BCUT2D eigenvalue weighted by Crippen LogP contribution is -2.14. The molecule has 0 saturated heterocycles. The molecule has 0 aliphatic rings. The Bertz CT molecular complexity index is 354. The minimum Gasteiger partial charge on any atom is -0.497 e. The van der Waals surface area contributed by atoms with Gasteiger partial charge in [-0.3, -0.25) is 0 Å². The summed E-state index contributed by atoms with van der Waals surface area (Å²) in [5.41, 5.74) is 7.40. The lowest BCUT2D eigenvalue weighted by Gasteiger charge is -2.19. The molecule has 0 aliphatic heterocycles. The number of halogens is 1. The van der Waals surface area contributed by atoms with Crippen molar-refractivity contribution in [2.75, 3.05) is 7.11 Å². The summed E-state index contributed by atoms with van der Waals surface area (Å²) in [7, 11) is 1.68. The maximum absolute atomic E-state index is 6.27. The minimum absolute atomic E-state index is 0.0704. The monoisotopic (exact) mass is 299 g/mol. The maximum atomic E-state index is 6.27. The third-order valence-electron chi connectivity index (χ3n) is 3.04. The fraction of sp³-hybridized carbons (Fsp3) is 0.571. The van der Waals surface area contributed by atoms with Gasteiger partial charge in [-0.25, -0.2) is 0 Å². The average molecular weight is 300 g/mol. The number of ether oxygens (including phenoxy) is 1. The van der Waals surface area contributed by atoms with E-state index in [1.54, 1.807) is 7.11 Å². The molecular formula is C14H22BrNO. The Labute approximate surface area is 113 Å². The predicted octanol–water partition coefficient (Wildman–Crippen LogP) is 4.28. The number of rotatable bonds is 6. The lowest BCUT2D eigenvalue weighted by atomic mass is 9.93. The topological polar surface area (TPSA) is 35.2 Å². The van der Waals surface area contributed by atoms with Crippen molar-refractivity contribution in [3.63, 3.8) is 0 Å². The first kappa shape index (κ1) is 14.5. The molecule has 3 heteroatoms. The average Bonchev–Trinajstić information content (AvgIpc) is 2.29. The van der Waals surface area contributed by atoms with Crippen LogP contribution in [0.1, 0.15) is 44.7 Å². The van der Waals surface area contributed by atoms with Crippen LogP contribution < -0.4 is 10.5 Å². The first-order chi connectivity index (χ1) is 8.08. The second kappa shape index (κ2) is 7.02. The summed E-state index contributed by atoms with van der Waals surface area (Å²) < 4.78 is 6.30. The molecule has 0 radical (unpaired) electrons. The highest BCUT2D eigenvalue weighted by Gasteiger charge is 2.14. The third kappa shape index (κ3) is 4.32. The second-order valence-electron chi connectivity index (χ2n) is 4.62. The summed E-state index contributed by atoms with van der Waals surface area (Å²) in [5, 5.41) is 0. The van der Waals surface area contributed by atoms with Crippen LogP contribution in [0.3, 0.4) is 0 Å². The van der Waals surface area contributed by atoms with Gasteiger partial charge in [0.1, 0.15) is 5.75 Å². The first-order valence-corrected chi connectivity index (χ1v) is 6.96. The molecule has 0 amide bonds. The van der Waals surface area contributed by atoms with E-state index in [1.165, 1.54) is 12.8 Å². The second-order valence-corrected chi connectivity index (χ2v) is 5.48. The molecule has 0 aliphatic carbocycles. The molecule has 0 spiro atoms. The molecule has 0 heterocycles. The molecule has 1 aromatic rings. The number of hydrogen-bond acceptors (Lipinski definition) is 2. The number of nitrogens with two attached hydrogens (primary N) is 1. The normalized spacial score (nSPS) is 14.4. The van der Waals surface area contributed by atoms with Crippen molar-refractivity contribution in [2.24, 2.45) is 11.7 Å². The van der Waals surface area contributed by atoms with Crippen molar-refractivity contribution in [2.45, 2.75) is 39.2 Å². The van der Waals surface area contributed by atoms with Gasteiger partial charge in [0.05, 0.1) is 7.11 Å². The zero-order valence-corrected chi connectivity index (χ0v) is 12.5. The Morgan fingerprint density at radius 2 is 2.12 bits per heavy atom. The standard InChI is InChI=1S/C14H22BrNO/c1-4-5-10(2)8-14(16)12-9-11(17-3)6-7-13(12)15/h6-7,9-10,14H,4-5,8,16H2,1-3H3. The first-order valence-electron chi connectivity index (χ1n) is 6.17. The fourth-order valence-corrected chi connectivity index (χ4v) is 2.64. The van der Waals surface area contributed by atoms with Gasteiger partial charge in [0.15, 0.2) is 0 Å². The van der Waals surface area contributed by atoms with E-state index in [1.807, 2.05) is 18.2 Å². The molecule has 2 N–H and O–H groups in total. The summed E-state index contributed by atoms with van der Waals surface area (Å²) in [5.74, 6) is 1.52. The zero-order chi connectivity index (χ0) is 12.8. The molecule has 0 saturated carbocycles. The zero-order valence-electron chi connectivity index (χ0n) is 10.9. The van der Waals surface area contributed by atoms with Gasteiger partial charge in [-0.1, -0.05) is 42.6 Å². The summed E-state index contributed by atoms with van der Waals surface area (Å²) in [4.78, 5) is 0. The third-order valence-corrected chi connectivity index (χ3v) is 3.76. The van der Waals surface area contributed by atoms with Crippen LogP contribution in [0, 0.1) is 5.92 Å². The van der Waals surface area contributed by atoms with Gasteiger partial charge in [0.2, 0.25) is 0 Å². The molecule has 2 nitrogen and oxygen atoms in total. The van der Waals surface area contributed by atoms with Crippen LogP contribution in [-0.2, 0) is 0 Å². The summed E-state index contributed by atoms with van der Waals surface area (Å²) in [6, 6.07) is 6.03. The highest BCUT2D eigenvalue weighted by Crippen LogP contribution is 2.30. The molecular weight excluding hydrogens is 278 g/mol. The van der Waals surface area contributed by atoms with E-state index < -0.39 is 0 Å². The molecule has 1 rings (SSSR count). The van der Waals surface area contributed by atoms with Crippen molar-refractivity contribution < 1.29 is 4.74 Å². The highest BCUT2D eigenvalue weighted by molar-refractivity contribution is 9.10.